The summed E-state index contributed by atoms with van der Waals surface area (Å²) in [6, 6.07) is 0. The van der Waals surface area contributed by atoms with Gasteiger partial charge in [-0.1, -0.05) is 0 Å². The highest BCUT2D eigenvalue weighted by Crippen LogP contribution is 2.76. The van der Waals surface area contributed by atoms with Crippen LogP contribution in [0.15, 0.2) is 0 Å². The molecule has 2 rings (SSSR count). The van der Waals surface area contributed by atoms with Gasteiger partial charge in [0.25, 0.3) is 0 Å². The van der Waals surface area contributed by atoms with E-state index in [9.17, 15) is 14.4 Å². The fourth-order valence-electron chi connectivity index (χ4n) is 2.46. The number of hydrogen-bond donors (Lipinski definition) is 3. The zero-order chi connectivity index (χ0) is 14.2. The van der Waals surface area contributed by atoms with Gasteiger partial charge in [0.1, 0.15) is 12.0 Å². The predicted molar refractivity (Wildman–Crippen MR) is 69.0 cm³/mol. The second-order valence-corrected chi connectivity index (χ2v) is 8.04. The number of aliphatic hydroxyl groups is 1. The number of aliphatic hydroxyl groups excluding tert-OH is 1. The summed E-state index contributed by atoms with van der Waals surface area (Å²) in [6.45, 7) is 0.0569. The maximum Gasteiger partial charge on any atom is 0.406 e. The third-order valence-corrected chi connectivity index (χ3v) is 7.12. The van der Waals surface area contributed by atoms with Crippen LogP contribution in [0.2, 0.25) is 0 Å². The summed E-state index contributed by atoms with van der Waals surface area (Å²) in [5.41, 5.74) is 2.11. The third-order valence-electron chi connectivity index (χ3n) is 3.55. The van der Waals surface area contributed by atoms with Crippen LogP contribution in [0.3, 0.4) is 0 Å². The Kier molecular flexibility index (Phi) is 4.21. The van der Waals surface area contributed by atoms with E-state index in [-0.39, 0.29) is 17.3 Å². The zero-order valence-electron chi connectivity index (χ0n) is 11.1. The minimum Gasteiger partial charge on any atom is -0.447 e. The van der Waals surface area contributed by atoms with Crippen LogP contribution in [0.25, 0.3) is 0 Å². The van der Waals surface area contributed by atoms with Gasteiger partial charge in [-0.3, -0.25) is 0 Å². The molecule has 7 nitrogen and oxygen atoms in total. The monoisotopic (exact) mass is 297 g/mol. The molecule has 0 aliphatic carbocycles. The average Bonchev–Trinajstić information content (AvgIpc) is 3.02. The third kappa shape index (κ3) is 2.52. The molecule has 1 amide bonds. The summed E-state index contributed by atoms with van der Waals surface area (Å²) < 4.78 is 24.9. The molecule has 9 heteroatoms. The van der Waals surface area contributed by atoms with Crippen LogP contribution in [0.4, 0.5) is 9.28 Å². The Bertz CT molecular complexity index is 364. The van der Waals surface area contributed by atoms with E-state index in [1.54, 1.807) is 6.26 Å². The number of fused-ring (bicyclic) bond motifs is 1. The van der Waals surface area contributed by atoms with Crippen molar-refractivity contribution >= 4 is 16.3 Å². The topological polar surface area (TPSA) is 83.1 Å². The number of nitrogens with zero attached hydrogens (tertiary/aromatic N) is 1. The first-order chi connectivity index (χ1) is 8.94. The fraction of sp³-hybridized carbons (Fsp3) is 0.900. The van der Waals surface area contributed by atoms with Gasteiger partial charge in [-0.2, -0.15) is 0 Å². The Labute approximate surface area is 112 Å². The van der Waals surface area contributed by atoms with Crippen LogP contribution in [-0.4, -0.2) is 65.7 Å². The Balaban J connectivity index is 1.92. The number of rotatable bonds is 4. The Hall–Kier alpha value is -0.610. The first-order valence-corrected chi connectivity index (χ1v) is 8.15. The zero-order valence-corrected chi connectivity index (χ0v) is 11.9. The molecule has 2 aliphatic rings. The van der Waals surface area contributed by atoms with Crippen molar-refractivity contribution in [2.24, 2.45) is 0 Å². The van der Waals surface area contributed by atoms with Gasteiger partial charge in [-0.15, -0.1) is 14.7 Å². The van der Waals surface area contributed by atoms with Crippen LogP contribution < -0.4 is 10.7 Å². The Morgan fingerprint density at radius 2 is 2.32 bits per heavy atom. The quantitative estimate of drug-likeness (QED) is 0.381. The summed E-state index contributed by atoms with van der Waals surface area (Å²) >= 11 is 0. The number of hydrogen-bond acceptors (Lipinski definition) is 6. The SMILES string of the molecule is CNC(=O)OCC1CC(O)[C@@H]2[C@H](O1)S2(C)N(F)NC. The molecule has 112 valence electrons. The number of carbonyl (C=O) groups excluding carboxylic acids is 1. The average molecular weight is 297 g/mol. The second kappa shape index (κ2) is 5.41. The molecule has 2 fully saturated rings. The summed E-state index contributed by atoms with van der Waals surface area (Å²) in [6.07, 6.45) is 0.535. The highest BCUT2D eigenvalue weighted by molar-refractivity contribution is 8.38. The van der Waals surface area contributed by atoms with Crippen molar-refractivity contribution in [1.82, 2.24) is 15.4 Å². The molecule has 2 heterocycles. The molecule has 3 N–H and O–H groups in total. The number of alkyl carbamates (subject to hydrolysis) is 1. The summed E-state index contributed by atoms with van der Waals surface area (Å²) in [5.74, 6) is 0. The van der Waals surface area contributed by atoms with Crippen LogP contribution in [0.1, 0.15) is 6.42 Å². The van der Waals surface area contributed by atoms with Crippen molar-refractivity contribution < 1.29 is 23.9 Å². The molecule has 0 spiro atoms. The summed E-state index contributed by atoms with van der Waals surface area (Å²) in [4.78, 5) is 11.0. The van der Waals surface area contributed by atoms with Crippen molar-refractivity contribution in [2.75, 3.05) is 27.0 Å². The lowest BCUT2D eigenvalue weighted by atomic mass is 10.1. The maximum absolute atomic E-state index is 13.7. The lowest BCUT2D eigenvalue weighted by Gasteiger charge is -2.24. The van der Waals surface area contributed by atoms with Crippen LogP contribution in [0.5, 0.6) is 0 Å². The minimum atomic E-state index is -1.82. The molecule has 2 aliphatic heterocycles. The first kappa shape index (κ1) is 14.8. The normalized spacial score (nSPS) is 44.1. The van der Waals surface area contributed by atoms with Gasteiger partial charge in [-0.05, 0) is 10.9 Å². The molecule has 0 aromatic rings. The lowest BCUT2D eigenvalue weighted by molar-refractivity contribution is -0.0593. The molecule has 0 saturated carbocycles. The molecular formula is C10H20FN3O4S. The number of ether oxygens (including phenoxy) is 2. The van der Waals surface area contributed by atoms with E-state index >= 15 is 0 Å². The number of nitrogens with one attached hydrogen (secondary N) is 2. The van der Waals surface area contributed by atoms with Crippen molar-refractivity contribution in [3.05, 3.63) is 0 Å². The molecule has 5 atom stereocenters. The van der Waals surface area contributed by atoms with Gasteiger partial charge in [0.05, 0.1) is 17.5 Å². The van der Waals surface area contributed by atoms with Crippen molar-refractivity contribution in [3.63, 3.8) is 0 Å². The molecular weight excluding hydrogens is 277 g/mol. The van der Waals surface area contributed by atoms with Crippen LogP contribution >= 0.6 is 10.2 Å². The number of halogens is 1. The second-order valence-electron chi connectivity index (χ2n) is 4.71. The molecule has 0 aromatic heterocycles. The highest BCUT2D eigenvalue weighted by atomic mass is 32.3. The van der Waals surface area contributed by atoms with Crippen molar-refractivity contribution in [3.8, 4) is 0 Å². The van der Waals surface area contributed by atoms with Crippen molar-refractivity contribution in [2.45, 2.75) is 29.3 Å². The largest absolute Gasteiger partial charge is 0.447 e. The van der Waals surface area contributed by atoms with Gasteiger partial charge >= 0.3 is 6.09 Å². The number of amides is 1. The smallest absolute Gasteiger partial charge is 0.406 e. The predicted octanol–water partition coefficient (Wildman–Crippen LogP) is -0.129. The summed E-state index contributed by atoms with van der Waals surface area (Å²) in [7, 11) is 1.13. The Morgan fingerprint density at radius 3 is 2.89 bits per heavy atom. The van der Waals surface area contributed by atoms with Crippen molar-refractivity contribution in [1.29, 1.82) is 0 Å². The van der Waals surface area contributed by atoms with Gasteiger partial charge in [-0.25, -0.2) is 10.2 Å². The van der Waals surface area contributed by atoms with Gasteiger partial charge in [0, 0.05) is 20.5 Å². The van der Waals surface area contributed by atoms with Gasteiger partial charge < -0.3 is 19.9 Å². The van der Waals surface area contributed by atoms with E-state index in [4.69, 9.17) is 9.47 Å². The van der Waals surface area contributed by atoms with Gasteiger partial charge in [0.15, 0.2) is 0 Å². The minimum absolute atomic E-state index is 0.0569. The number of carbonyl (C=O) groups is 1. The molecule has 3 unspecified atom stereocenters. The Morgan fingerprint density at radius 1 is 1.63 bits per heavy atom. The lowest BCUT2D eigenvalue weighted by Crippen LogP contribution is -2.37. The summed E-state index contributed by atoms with van der Waals surface area (Å²) in [5, 5.41) is 12.2. The number of hydrazine groups is 1. The highest BCUT2D eigenvalue weighted by Gasteiger charge is 2.68. The molecule has 19 heavy (non-hydrogen) atoms. The van der Waals surface area contributed by atoms with E-state index < -0.39 is 28.5 Å². The standard InChI is InChI=1S/C10H20FN3O4S/c1-12-10(16)17-5-6-4-7(15)8-9(18-6)19(8,3)14(11)13-2/h6-9,13,15H,4-5H2,1-3H3,(H,12,16)/t6?,7?,8-,9-/m1/s1. The molecule has 0 aromatic carbocycles. The molecule has 0 bridgehead atoms. The molecule has 2 saturated heterocycles. The molecule has 0 radical (unpaired) electrons. The van der Waals surface area contributed by atoms with Gasteiger partial charge in [0.2, 0.25) is 0 Å². The fourth-order valence-corrected chi connectivity index (χ4v) is 5.88. The van der Waals surface area contributed by atoms with E-state index in [0.29, 0.717) is 11.1 Å². The van der Waals surface area contributed by atoms with E-state index in [1.807, 2.05) is 0 Å². The van der Waals surface area contributed by atoms with Crippen LogP contribution in [0, 0.1) is 0 Å². The van der Waals surface area contributed by atoms with E-state index in [1.165, 1.54) is 14.1 Å². The van der Waals surface area contributed by atoms with E-state index in [2.05, 4.69) is 10.7 Å². The van der Waals surface area contributed by atoms with Crippen LogP contribution in [-0.2, 0) is 9.47 Å². The maximum atomic E-state index is 13.7. The van der Waals surface area contributed by atoms with E-state index in [0.717, 1.165) is 0 Å². The first-order valence-electron chi connectivity index (χ1n) is 6.02.